The molecule has 5 aromatic rings. The van der Waals surface area contributed by atoms with Gasteiger partial charge in [0.05, 0.1) is 17.2 Å². The number of aromatic nitrogens is 1. The molecule has 0 N–H and O–H groups in total. The number of rotatable bonds is 3. The molecule has 0 saturated carbocycles. The fourth-order valence-electron chi connectivity index (χ4n) is 5.12. The lowest BCUT2D eigenvalue weighted by atomic mass is 9.87. The molecule has 0 aliphatic rings. The van der Waals surface area contributed by atoms with E-state index in [-0.39, 0.29) is 5.41 Å². The molecule has 0 atom stereocenters. The molecule has 0 bridgehead atoms. The van der Waals surface area contributed by atoms with E-state index in [1.807, 2.05) is 30.3 Å². The smallest absolute Gasteiger partial charge is 0.216 e. The molecule has 0 saturated heterocycles. The molecule has 0 aliphatic heterocycles. The first-order valence-electron chi connectivity index (χ1n) is 12.1. The Bertz CT molecular complexity index is 1630. The molecule has 3 heteroatoms. The van der Waals surface area contributed by atoms with Crippen LogP contribution in [0.25, 0.3) is 44.3 Å². The molecule has 0 fully saturated rings. The molecular weight excluding hydrogens is 428 g/mol. The number of aryl methyl sites for hydroxylation is 1. The first-order chi connectivity index (χ1) is 16.7. The van der Waals surface area contributed by atoms with Crippen molar-refractivity contribution in [2.45, 2.75) is 41.0 Å². The van der Waals surface area contributed by atoms with Crippen LogP contribution in [0.3, 0.4) is 0 Å². The summed E-state index contributed by atoms with van der Waals surface area (Å²) in [7, 11) is 2.13. The summed E-state index contributed by atoms with van der Waals surface area (Å²) in [5.41, 5.74) is 10.5. The third-order valence-corrected chi connectivity index (χ3v) is 6.95. The summed E-state index contributed by atoms with van der Waals surface area (Å²) in [5, 5.41) is 11.8. The first kappa shape index (κ1) is 22.9. The van der Waals surface area contributed by atoms with Gasteiger partial charge in [-0.1, -0.05) is 63.2 Å². The highest BCUT2D eigenvalue weighted by Gasteiger charge is 2.26. The van der Waals surface area contributed by atoms with Gasteiger partial charge in [0.1, 0.15) is 18.2 Å². The number of hydrogen-bond donors (Lipinski definition) is 0. The third-order valence-electron chi connectivity index (χ3n) is 6.95. The van der Waals surface area contributed by atoms with E-state index >= 15 is 0 Å². The Hall–Kier alpha value is -3.90. The second-order valence-electron chi connectivity index (χ2n) is 10.7. The van der Waals surface area contributed by atoms with E-state index in [4.69, 9.17) is 4.42 Å². The highest BCUT2D eigenvalue weighted by atomic mass is 16.3. The van der Waals surface area contributed by atoms with Crippen LogP contribution in [-0.4, -0.2) is 0 Å². The minimum atomic E-state index is 0.218. The quantitative estimate of drug-likeness (QED) is 0.258. The highest BCUT2D eigenvalue weighted by Crippen LogP contribution is 2.42. The normalized spacial score (nSPS) is 11.8. The summed E-state index contributed by atoms with van der Waals surface area (Å²) >= 11 is 0. The van der Waals surface area contributed by atoms with Crippen molar-refractivity contribution in [2.75, 3.05) is 0 Å². The molecule has 0 amide bonds. The Balaban J connectivity index is 1.82. The van der Waals surface area contributed by atoms with Gasteiger partial charge in [0.15, 0.2) is 5.69 Å². The Kier molecular flexibility index (Phi) is 5.49. The maximum atomic E-state index is 9.92. The lowest BCUT2D eigenvalue weighted by Crippen LogP contribution is -2.36. The largest absolute Gasteiger partial charge is 0.454 e. The van der Waals surface area contributed by atoms with Crippen LogP contribution in [-0.2, 0) is 13.5 Å². The van der Waals surface area contributed by atoms with Gasteiger partial charge >= 0.3 is 0 Å². The molecular formula is C32H31N2O+. The van der Waals surface area contributed by atoms with Crippen molar-refractivity contribution in [3.63, 3.8) is 0 Å². The molecule has 0 unspecified atom stereocenters. The average molecular weight is 460 g/mol. The molecule has 174 valence electrons. The van der Waals surface area contributed by atoms with Gasteiger partial charge in [-0.15, -0.1) is 0 Å². The number of fused-ring (bicyclic) bond motifs is 3. The van der Waals surface area contributed by atoms with Crippen molar-refractivity contribution < 1.29 is 8.98 Å². The fourth-order valence-corrected chi connectivity index (χ4v) is 5.12. The molecule has 2 aromatic heterocycles. The van der Waals surface area contributed by atoms with Crippen LogP contribution in [0.15, 0.2) is 71.1 Å². The van der Waals surface area contributed by atoms with Gasteiger partial charge in [0.2, 0.25) is 5.69 Å². The topological polar surface area (TPSA) is 40.8 Å². The predicted molar refractivity (Wildman–Crippen MR) is 143 cm³/mol. The summed E-state index contributed by atoms with van der Waals surface area (Å²) in [6, 6.07) is 25.2. The monoisotopic (exact) mass is 459 g/mol. The molecule has 3 nitrogen and oxygen atoms in total. The molecule has 2 heterocycles. The van der Waals surface area contributed by atoms with Gasteiger partial charge in [-0.3, -0.25) is 0 Å². The van der Waals surface area contributed by atoms with Crippen LogP contribution in [0.5, 0.6) is 0 Å². The van der Waals surface area contributed by atoms with E-state index < -0.39 is 0 Å². The number of benzene rings is 3. The van der Waals surface area contributed by atoms with Gasteiger partial charge in [-0.2, -0.15) is 9.83 Å². The molecule has 0 aliphatic carbocycles. The van der Waals surface area contributed by atoms with E-state index in [1.54, 1.807) is 0 Å². The van der Waals surface area contributed by atoms with E-state index in [2.05, 4.69) is 88.7 Å². The van der Waals surface area contributed by atoms with Crippen molar-refractivity contribution in [1.82, 2.24) is 0 Å². The maximum absolute atomic E-state index is 9.92. The zero-order chi connectivity index (χ0) is 24.9. The Morgan fingerprint density at radius 1 is 0.886 bits per heavy atom. The minimum Gasteiger partial charge on any atom is -0.454 e. The van der Waals surface area contributed by atoms with Crippen molar-refractivity contribution in [2.24, 2.45) is 12.5 Å². The van der Waals surface area contributed by atoms with Crippen molar-refractivity contribution in [3.05, 3.63) is 89.1 Å². The maximum Gasteiger partial charge on any atom is 0.216 e. The van der Waals surface area contributed by atoms with Crippen molar-refractivity contribution in [1.29, 1.82) is 5.26 Å². The standard InChI is InChI=1S/C32H31N2O/c1-20-12-15-26-29-24(19-33)13-16-25(22-10-8-7-9-11-22)30(29)35-31(26)28(20)27-17-14-23(18-32(3,4)5)21(2)34(27)6/h7-17H,18H2,1-6H3/q+1. The molecule has 3 aromatic carbocycles. The predicted octanol–water partition coefficient (Wildman–Crippen LogP) is 7.82. The summed E-state index contributed by atoms with van der Waals surface area (Å²) in [6.45, 7) is 11.1. The number of nitriles is 1. The van der Waals surface area contributed by atoms with Gasteiger partial charge in [0.25, 0.3) is 0 Å². The zero-order valence-electron chi connectivity index (χ0n) is 21.4. The number of furan rings is 1. The number of nitrogens with zero attached hydrogens (tertiary/aromatic N) is 2. The van der Waals surface area contributed by atoms with Crippen LogP contribution in [0.4, 0.5) is 0 Å². The molecule has 35 heavy (non-hydrogen) atoms. The van der Waals surface area contributed by atoms with E-state index in [0.717, 1.165) is 56.3 Å². The van der Waals surface area contributed by atoms with E-state index in [1.165, 1.54) is 11.3 Å². The van der Waals surface area contributed by atoms with Gasteiger partial charge in [0, 0.05) is 34.9 Å². The molecule has 5 rings (SSSR count). The SMILES string of the molecule is Cc1ccc2c(oc3c(-c4ccccc4)ccc(C#N)c32)c1-c1ccc(CC(C)(C)C)c(C)[n+]1C. The van der Waals surface area contributed by atoms with Crippen molar-refractivity contribution in [3.8, 4) is 28.5 Å². The highest BCUT2D eigenvalue weighted by molar-refractivity contribution is 6.15. The lowest BCUT2D eigenvalue weighted by molar-refractivity contribution is -0.667. The fraction of sp³-hybridized carbons (Fsp3) is 0.250. The second kappa shape index (κ2) is 8.40. The van der Waals surface area contributed by atoms with Gasteiger partial charge in [-0.05, 0) is 48.1 Å². The summed E-state index contributed by atoms with van der Waals surface area (Å²) in [6.07, 6.45) is 1.02. The lowest BCUT2D eigenvalue weighted by Gasteiger charge is -2.19. The van der Waals surface area contributed by atoms with Crippen LogP contribution in [0, 0.1) is 30.6 Å². The number of hydrogen-bond acceptors (Lipinski definition) is 2. The minimum absolute atomic E-state index is 0.218. The van der Waals surface area contributed by atoms with Crippen LogP contribution in [0.2, 0.25) is 0 Å². The van der Waals surface area contributed by atoms with Gasteiger partial charge in [-0.25, -0.2) is 0 Å². The van der Waals surface area contributed by atoms with Crippen molar-refractivity contribution >= 4 is 21.9 Å². The molecule has 0 spiro atoms. The van der Waals surface area contributed by atoms with E-state index in [9.17, 15) is 5.26 Å². The Morgan fingerprint density at radius 3 is 2.31 bits per heavy atom. The molecule has 0 radical (unpaired) electrons. The summed E-state index contributed by atoms with van der Waals surface area (Å²) in [5.74, 6) is 0. The van der Waals surface area contributed by atoms with Crippen LogP contribution < -0.4 is 4.57 Å². The average Bonchev–Trinajstić information content (AvgIpc) is 3.21. The first-order valence-corrected chi connectivity index (χ1v) is 12.1. The summed E-state index contributed by atoms with van der Waals surface area (Å²) < 4.78 is 8.97. The zero-order valence-corrected chi connectivity index (χ0v) is 21.4. The van der Waals surface area contributed by atoms with Crippen LogP contribution in [0.1, 0.15) is 43.2 Å². The van der Waals surface area contributed by atoms with Gasteiger partial charge < -0.3 is 4.42 Å². The Labute approximate surface area is 207 Å². The van der Waals surface area contributed by atoms with E-state index in [0.29, 0.717) is 5.56 Å². The number of pyridine rings is 1. The Morgan fingerprint density at radius 2 is 1.63 bits per heavy atom. The summed E-state index contributed by atoms with van der Waals surface area (Å²) in [4.78, 5) is 0. The van der Waals surface area contributed by atoms with Crippen LogP contribution >= 0.6 is 0 Å². The third kappa shape index (κ3) is 3.90. The second-order valence-corrected chi connectivity index (χ2v) is 10.7.